The predicted molar refractivity (Wildman–Crippen MR) is 90.2 cm³/mol. The fourth-order valence-electron chi connectivity index (χ4n) is 2.81. The normalized spacial score (nSPS) is 18.0. The lowest BCUT2D eigenvalue weighted by molar-refractivity contribution is -0.138. The fourth-order valence-corrected chi connectivity index (χ4v) is 2.81. The number of amides is 1. The van der Waals surface area contributed by atoms with Crippen molar-refractivity contribution in [2.45, 2.75) is 25.7 Å². The van der Waals surface area contributed by atoms with E-state index in [0.717, 1.165) is 29.7 Å². The van der Waals surface area contributed by atoms with Gasteiger partial charge >= 0.3 is 5.97 Å². The summed E-state index contributed by atoms with van der Waals surface area (Å²) < 4.78 is 0. The standard InChI is InChI=1S/C17H17NO3.Al.3H/c1-11(17(20)21)12-6-8-14(9-7-12)18-10-13-4-2-3-5-15(13)16(18)19;;;;/h2-3,6-9,11H,4-5,10H2,1H3,(H,20,21);;;;. The molecule has 1 aromatic rings. The van der Waals surface area contributed by atoms with Gasteiger partial charge in [-0.15, -0.1) is 0 Å². The van der Waals surface area contributed by atoms with Crippen LogP contribution in [0.2, 0.25) is 0 Å². The highest BCUT2D eigenvalue weighted by atomic mass is 27.0. The number of anilines is 1. The molecule has 0 saturated heterocycles. The second-order valence-electron chi connectivity index (χ2n) is 5.50. The number of nitrogens with zero attached hydrogens (tertiary/aromatic N) is 1. The van der Waals surface area contributed by atoms with Crippen LogP contribution >= 0.6 is 0 Å². The molecule has 4 nitrogen and oxygen atoms in total. The van der Waals surface area contributed by atoms with Crippen molar-refractivity contribution in [3.8, 4) is 0 Å². The van der Waals surface area contributed by atoms with Gasteiger partial charge in [0.1, 0.15) is 0 Å². The van der Waals surface area contributed by atoms with Gasteiger partial charge in [-0.3, -0.25) is 9.59 Å². The SMILES string of the molecule is CC(C(=O)O)c1ccc(N2CC3=C(CC=CC3)C2=O)cc1.[AlH3]. The molecule has 0 aromatic heterocycles. The van der Waals surface area contributed by atoms with Crippen LogP contribution in [0.25, 0.3) is 0 Å². The van der Waals surface area contributed by atoms with Gasteiger partial charge in [0, 0.05) is 17.8 Å². The quantitative estimate of drug-likeness (QED) is 0.682. The van der Waals surface area contributed by atoms with Gasteiger partial charge in [-0.1, -0.05) is 24.3 Å². The summed E-state index contributed by atoms with van der Waals surface area (Å²) in [7, 11) is 0. The molecule has 22 heavy (non-hydrogen) atoms. The second kappa shape index (κ2) is 6.52. The number of allylic oxidation sites excluding steroid dienone is 2. The molecular weight excluding hydrogens is 293 g/mol. The van der Waals surface area contributed by atoms with Crippen molar-refractivity contribution >= 4 is 34.9 Å². The molecule has 1 aliphatic carbocycles. The van der Waals surface area contributed by atoms with E-state index in [0.29, 0.717) is 6.54 Å². The highest BCUT2D eigenvalue weighted by Gasteiger charge is 2.30. The van der Waals surface area contributed by atoms with Crippen LogP contribution in [0.3, 0.4) is 0 Å². The van der Waals surface area contributed by atoms with Crippen molar-refractivity contribution in [2.24, 2.45) is 0 Å². The third kappa shape index (κ3) is 2.88. The van der Waals surface area contributed by atoms with Crippen LogP contribution in [-0.2, 0) is 9.59 Å². The van der Waals surface area contributed by atoms with E-state index < -0.39 is 11.9 Å². The molecule has 0 saturated carbocycles. The summed E-state index contributed by atoms with van der Waals surface area (Å²) in [5.41, 5.74) is 3.69. The van der Waals surface area contributed by atoms with E-state index in [2.05, 4.69) is 6.08 Å². The maximum Gasteiger partial charge on any atom is 0.310 e. The average molecular weight is 313 g/mol. The van der Waals surface area contributed by atoms with Crippen LogP contribution in [0.4, 0.5) is 5.69 Å². The van der Waals surface area contributed by atoms with E-state index >= 15 is 0 Å². The van der Waals surface area contributed by atoms with Crippen LogP contribution < -0.4 is 4.90 Å². The van der Waals surface area contributed by atoms with Crippen LogP contribution in [0, 0.1) is 0 Å². The van der Waals surface area contributed by atoms with Gasteiger partial charge in [-0.25, -0.2) is 0 Å². The Bertz CT molecular complexity index is 661. The van der Waals surface area contributed by atoms with Gasteiger partial charge in [-0.2, -0.15) is 0 Å². The van der Waals surface area contributed by atoms with Crippen LogP contribution in [0.15, 0.2) is 47.6 Å². The molecule has 1 aliphatic heterocycles. The third-order valence-electron chi connectivity index (χ3n) is 4.21. The molecule has 1 unspecified atom stereocenters. The molecule has 114 valence electrons. The Kier molecular flexibility index (Phi) is 4.90. The van der Waals surface area contributed by atoms with Crippen molar-refractivity contribution in [3.63, 3.8) is 0 Å². The van der Waals surface area contributed by atoms with E-state index in [1.165, 1.54) is 5.57 Å². The second-order valence-corrected chi connectivity index (χ2v) is 5.50. The summed E-state index contributed by atoms with van der Waals surface area (Å²) in [6.07, 6.45) is 5.72. The van der Waals surface area contributed by atoms with Gasteiger partial charge in [0.2, 0.25) is 0 Å². The lowest BCUT2D eigenvalue weighted by Crippen LogP contribution is -2.26. The molecule has 3 rings (SSSR count). The van der Waals surface area contributed by atoms with Crippen molar-refractivity contribution < 1.29 is 14.7 Å². The first-order valence-corrected chi connectivity index (χ1v) is 7.08. The third-order valence-corrected chi connectivity index (χ3v) is 4.21. The van der Waals surface area contributed by atoms with E-state index in [-0.39, 0.29) is 23.3 Å². The highest BCUT2D eigenvalue weighted by Crippen LogP contribution is 2.32. The van der Waals surface area contributed by atoms with Crippen molar-refractivity contribution in [1.82, 2.24) is 0 Å². The Hall–Kier alpha value is -1.83. The minimum atomic E-state index is -0.844. The molecule has 2 aliphatic rings. The monoisotopic (exact) mass is 313 g/mol. The summed E-state index contributed by atoms with van der Waals surface area (Å²) in [5, 5.41) is 9.02. The van der Waals surface area contributed by atoms with Gasteiger partial charge < -0.3 is 10.0 Å². The zero-order valence-corrected chi connectivity index (χ0v) is 11.9. The number of benzene rings is 1. The molecule has 0 fully saturated rings. The molecular formula is C17H20AlNO3. The number of aliphatic carboxylic acids is 1. The van der Waals surface area contributed by atoms with E-state index in [1.54, 1.807) is 24.0 Å². The summed E-state index contributed by atoms with van der Waals surface area (Å²) >= 11 is 0. The Morgan fingerprint density at radius 1 is 1.18 bits per heavy atom. The van der Waals surface area contributed by atoms with Gasteiger partial charge in [-0.05, 0) is 43.0 Å². The van der Waals surface area contributed by atoms with Gasteiger partial charge in [0.05, 0.1) is 5.92 Å². The van der Waals surface area contributed by atoms with E-state index in [9.17, 15) is 9.59 Å². The van der Waals surface area contributed by atoms with Crippen molar-refractivity contribution in [2.75, 3.05) is 11.4 Å². The first kappa shape index (κ1) is 16.5. The number of carboxylic acids is 1. The molecule has 1 aromatic carbocycles. The largest absolute Gasteiger partial charge is 0.481 e. The lowest BCUT2D eigenvalue weighted by atomic mass is 10.00. The summed E-state index contributed by atoms with van der Waals surface area (Å²) in [4.78, 5) is 25.2. The Morgan fingerprint density at radius 3 is 2.41 bits per heavy atom. The molecule has 5 heteroatoms. The van der Waals surface area contributed by atoms with Gasteiger partial charge in [0.25, 0.3) is 5.91 Å². The number of carbonyl (C=O) groups excluding carboxylic acids is 1. The maximum atomic E-state index is 12.4. The Morgan fingerprint density at radius 2 is 1.82 bits per heavy atom. The van der Waals surface area contributed by atoms with Crippen LogP contribution in [0.5, 0.6) is 0 Å². The highest BCUT2D eigenvalue weighted by molar-refractivity contribution is 6.09. The summed E-state index contributed by atoms with van der Waals surface area (Å²) in [6.45, 7) is 2.30. The van der Waals surface area contributed by atoms with Gasteiger partial charge in [0.15, 0.2) is 17.4 Å². The van der Waals surface area contributed by atoms with Crippen LogP contribution in [-0.4, -0.2) is 40.9 Å². The molecule has 1 amide bonds. The zero-order chi connectivity index (χ0) is 15.0. The molecule has 0 radical (unpaired) electrons. The minimum absolute atomic E-state index is 0. The van der Waals surface area contributed by atoms with Crippen molar-refractivity contribution in [3.05, 3.63) is 53.1 Å². The molecule has 0 bridgehead atoms. The van der Waals surface area contributed by atoms with Crippen LogP contribution in [0.1, 0.15) is 31.2 Å². The number of hydrogen-bond acceptors (Lipinski definition) is 2. The smallest absolute Gasteiger partial charge is 0.310 e. The fraction of sp³-hybridized carbons (Fsp3) is 0.294. The Balaban J connectivity index is 0.00000176. The number of carbonyl (C=O) groups is 2. The van der Waals surface area contributed by atoms with E-state index in [4.69, 9.17) is 5.11 Å². The average Bonchev–Trinajstić information content (AvgIpc) is 2.84. The first-order chi connectivity index (χ1) is 10.1. The summed E-state index contributed by atoms with van der Waals surface area (Å²) in [6, 6.07) is 7.24. The molecule has 0 spiro atoms. The van der Waals surface area contributed by atoms with E-state index in [1.807, 2.05) is 18.2 Å². The Labute approximate surface area is 140 Å². The first-order valence-electron chi connectivity index (χ1n) is 7.08. The molecule has 1 N–H and O–H groups in total. The maximum absolute atomic E-state index is 12.4. The number of carboxylic acid groups (broad SMARTS) is 1. The summed E-state index contributed by atoms with van der Waals surface area (Å²) in [5.74, 6) is -1.31. The predicted octanol–water partition coefficient (Wildman–Crippen LogP) is 1.68. The molecule has 1 heterocycles. The minimum Gasteiger partial charge on any atom is -0.481 e. The van der Waals surface area contributed by atoms with Crippen molar-refractivity contribution in [1.29, 1.82) is 0 Å². The zero-order valence-electron chi connectivity index (χ0n) is 11.9. The molecule has 1 atom stereocenters. The topological polar surface area (TPSA) is 57.6 Å². The lowest BCUT2D eigenvalue weighted by Gasteiger charge is -2.18. The number of hydrogen-bond donors (Lipinski definition) is 1. The number of rotatable bonds is 3.